The molecule has 0 aromatic rings. The van der Waals surface area contributed by atoms with E-state index in [0.29, 0.717) is 11.8 Å². The fourth-order valence-corrected chi connectivity index (χ4v) is 5.15. The number of rotatable bonds is 8. The zero-order chi connectivity index (χ0) is 17.7. The molecule has 0 saturated heterocycles. The number of hydrogen-bond acceptors (Lipinski definition) is 2. The van der Waals surface area contributed by atoms with Gasteiger partial charge in [-0.1, -0.05) is 39.2 Å². The number of carbonyl (C=O) groups excluding carboxylic acids is 2. The fraction of sp³-hybridized carbons (Fsp3) is 0.800. The number of nitrogens with one attached hydrogen (secondary N) is 2. The molecule has 1 unspecified atom stereocenters. The van der Waals surface area contributed by atoms with Gasteiger partial charge in [-0.05, 0) is 49.9 Å². The first-order valence-electron chi connectivity index (χ1n) is 9.69. The highest BCUT2D eigenvalue weighted by Gasteiger charge is 2.58. The molecule has 2 aliphatic carbocycles. The summed E-state index contributed by atoms with van der Waals surface area (Å²) in [7, 11) is 0. The van der Waals surface area contributed by atoms with Gasteiger partial charge in [0.25, 0.3) is 0 Å². The number of amides is 2. The third-order valence-electron chi connectivity index (χ3n) is 6.14. The standard InChI is InChI=1S/C20H34N2O2/c1-5-9-16(7-3)21-19(24)20(22-14(4)23)13-15-11-8-12-17(15)18(20)10-6-2/h6,15-18H,2,5,7-13H2,1,3-4H3,(H,21,24)(H,22,23)/t15-,16?,17-,18+,20+/m1/s1. The molecule has 0 spiro atoms. The van der Waals surface area contributed by atoms with Gasteiger partial charge in [0.2, 0.25) is 11.8 Å². The van der Waals surface area contributed by atoms with Crippen molar-refractivity contribution < 1.29 is 9.59 Å². The molecular weight excluding hydrogens is 300 g/mol. The summed E-state index contributed by atoms with van der Waals surface area (Å²) in [6.45, 7) is 9.67. The summed E-state index contributed by atoms with van der Waals surface area (Å²) < 4.78 is 0. The maximum absolute atomic E-state index is 13.3. The smallest absolute Gasteiger partial charge is 0.246 e. The Bertz CT molecular complexity index is 476. The lowest BCUT2D eigenvalue weighted by molar-refractivity contribution is -0.135. The lowest BCUT2D eigenvalue weighted by atomic mass is 9.78. The Balaban J connectivity index is 2.29. The molecule has 0 radical (unpaired) electrons. The maximum atomic E-state index is 13.3. The van der Waals surface area contributed by atoms with Crippen LogP contribution in [0.4, 0.5) is 0 Å². The van der Waals surface area contributed by atoms with Crippen molar-refractivity contribution in [3.63, 3.8) is 0 Å². The van der Waals surface area contributed by atoms with Crippen molar-refractivity contribution in [3.8, 4) is 0 Å². The molecule has 4 nitrogen and oxygen atoms in total. The van der Waals surface area contributed by atoms with Crippen LogP contribution in [0.25, 0.3) is 0 Å². The highest BCUT2D eigenvalue weighted by molar-refractivity contribution is 5.92. The van der Waals surface area contributed by atoms with E-state index in [1.165, 1.54) is 26.2 Å². The second-order valence-electron chi connectivity index (χ2n) is 7.71. The molecule has 4 heteroatoms. The van der Waals surface area contributed by atoms with Gasteiger partial charge < -0.3 is 10.6 Å². The first kappa shape index (κ1) is 19.0. The second kappa shape index (κ2) is 8.17. The van der Waals surface area contributed by atoms with Crippen LogP contribution in [0.2, 0.25) is 0 Å². The molecule has 2 rings (SSSR count). The molecular formula is C20H34N2O2. The lowest BCUT2D eigenvalue weighted by Crippen LogP contribution is -2.62. The lowest BCUT2D eigenvalue weighted by Gasteiger charge is -2.37. The molecule has 2 N–H and O–H groups in total. The topological polar surface area (TPSA) is 58.2 Å². The molecule has 136 valence electrons. The molecule has 2 saturated carbocycles. The largest absolute Gasteiger partial charge is 0.351 e. The van der Waals surface area contributed by atoms with Crippen LogP contribution in [0.1, 0.15) is 72.1 Å². The average molecular weight is 335 g/mol. The molecule has 0 aromatic carbocycles. The van der Waals surface area contributed by atoms with E-state index in [1.54, 1.807) is 0 Å². The van der Waals surface area contributed by atoms with Crippen molar-refractivity contribution in [2.75, 3.05) is 0 Å². The van der Waals surface area contributed by atoms with Gasteiger partial charge in [0.05, 0.1) is 0 Å². The van der Waals surface area contributed by atoms with Crippen LogP contribution in [0.3, 0.4) is 0 Å². The van der Waals surface area contributed by atoms with Gasteiger partial charge in [0.1, 0.15) is 5.54 Å². The summed E-state index contributed by atoms with van der Waals surface area (Å²) in [6, 6.07) is 0.193. The first-order valence-corrected chi connectivity index (χ1v) is 9.69. The van der Waals surface area contributed by atoms with E-state index in [9.17, 15) is 9.59 Å². The highest BCUT2D eigenvalue weighted by atomic mass is 16.2. The van der Waals surface area contributed by atoms with Gasteiger partial charge in [-0.2, -0.15) is 0 Å². The molecule has 0 bridgehead atoms. The van der Waals surface area contributed by atoms with Crippen LogP contribution in [0.5, 0.6) is 0 Å². The van der Waals surface area contributed by atoms with E-state index < -0.39 is 5.54 Å². The second-order valence-corrected chi connectivity index (χ2v) is 7.71. The monoisotopic (exact) mass is 334 g/mol. The Morgan fingerprint density at radius 1 is 1.33 bits per heavy atom. The quantitative estimate of drug-likeness (QED) is 0.667. The van der Waals surface area contributed by atoms with Crippen molar-refractivity contribution in [2.24, 2.45) is 17.8 Å². The van der Waals surface area contributed by atoms with Gasteiger partial charge >= 0.3 is 0 Å². The van der Waals surface area contributed by atoms with E-state index in [-0.39, 0.29) is 23.8 Å². The zero-order valence-corrected chi connectivity index (χ0v) is 15.6. The minimum Gasteiger partial charge on any atom is -0.351 e. The Labute approximate surface area is 146 Å². The summed E-state index contributed by atoms with van der Waals surface area (Å²) >= 11 is 0. The average Bonchev–Trinajstić information content (AvgIpc) is 3.08. The molecule has 0 heterocycles. The Kier molecular flexibility index (Phi) is 6.47. The van der Waals surface area contributed by atoms with Crippen molar-refractivity contribution in [1.29, 1.82) is 0 Å². The van der Waals surface area contributed by atoms with Crippen LogP contribution in [0.15, 0.2) is 12.7 Å². The van der Waals surface area contributed by atoms with Crippen molar-refractivity contribution in [2.45, 2.75) is 83.7 Å². The summed E-state index contributed by atoms with van der Waals surface area (Å²) in [5.74, 6) is 1.18. The predicted octanol–water partition coefficient (Wildman–Crippen LogP) is 3.57. The number of carbonyl (C=O) groups is 2. The number of hydrogen-bond donors (Lipinski definition) is 2. The SMILES string of the molecule is C=CC[C@H]1[C@@H]2CCC[C@@H]2C[C@@]1(NC(C)=O)C(=O)NC(CC)CCC. The molecule has 24 heavy (non-hydrogen) atoms. The van der Waals surface area contributed by atoms with Gasteiger partial charge in [-0.15, -0.1) is 6.58 Å². The Morgan fingerprint density at radius 2 is 2.08 bits per heavy atom. The molecule has 2 fully saturated rings. The van der Waals surface area contributed by atoms with Crippen LogP contribution < -0.4 is 10.6 Å². The van der Waals surface area contributed by atoms with E-state index in [1.807, 2.05) is 6.08 Å². The minimum atomic E-state index is -0.753. The van der Waals surface area contributed by atoms with Crippen molar-refractivity contribution in [3.05, 3.63) is 12.7 Å². The Hall–Kier alpha value is -1.32. The van der Waals surface area contributed by atoms with Crippen molar-refractivity contribution >= 4 is 11.8 Å². The summed E-state index contributed by atoms with van der Waals surface area (Å²) in [6.07, 6.45) is 10.0. The fourth-order valence-electron chi connectivity index (χ4n) is 5.15. The van der Waals surface area contributed by atoms with Crippen LogP contribution >= 0.6 is 0 Å². The highest BCUT2D eigenvalue weighted by Crippen LogP contribution is 2.54. The molecule has 5 atom stereocenters. The molecule has 0 aliphatic heterocycles. The van der Waals surface area contributed by atoms with E-state index in [0.717, 1.165) is 32.1 Å². The zero-order valence-electron chi connectivity index (χ0n) is 15.6. The van der Waals surface area contributed by atoms with Crippen LogP contribution in [-0.2, 0) is 9.59 Å². The van der Waals surface area contributed by atoms with Gasteiger partial charge in [-0.3, -0.25) is 9.59 Å². The van der Waals surface area contributed by atoms with Gasteiger partial charge in [-0.25, -0.2) is 0 Å². The predicted molar refractivity (Wildman–Crippen MR) is 97.4 cm³/mol. The van der Waals surface area contributed by atoms with E-state index in [4.69, 9.17) is 0 Å². The summed E-state index contributed by atoms with van der Waals surface area (Å²) in [5.41, 5.74) is -0.753. The third-order valence-corrected chi connectivity index (χ3v) is 6.14. The molecule has 2 amide bonds. The molecule has 0 aromatic heterocycles. The number of allylic oxidation sites excluding steroid dienone is 1. The Morgan fingerprint density at radius 3 is 2.67 bits per heavy atom. The maximum Gasteiger partial charge on any atom is 0.246 e. The normalized spacial score (nSPS) is 32.9. The van der Waals surface area contributed by atoms with Crippen LogP contribution in [-0.4, -0.2) is 23.4 Å². The summed E-state index contributed by atoms with van der Waals surface area (Å²) in [4.78, 5) is 25.2. The van der Waals surface area contributed by atoms with Gasteiger partial charge in [0, 0.05) is 13.0 Å². The van der Waals surface area contributed by atoms with Gasteiger partial charge in [0.15, 0.2) is 0 Å². The van der Waals surface area contributed by atoms with Crippen molar-refractivity contribution in [1.82, 2.24) is 10.6 Å². The van der Waals surface area contributed by atoms with Crippen LogP contribution in [0, 0.1) is 17.8 Å². The minimum absolute atomic E-state index is 0.0271. The van der Waals surface area contributed by atoms with E-state index in [2.05, 4.69) is 31.1 Å². The molecule has 2 aliphatic rings. The summed E-state index contributed by atoms with van der Waals surface area (Å²) in [5, 5.41) is 6.34. The number of fused-ring (bicyclic) bond motifs is 1. The first-order chi connectivity index (χ1) is 11.5. The third kappa shape index (κ3) is 3.68. The van der Waals surface area contributed by atoms with E-state index >= 15 is 0 Å².